The van der Waals surface area contributed by atoms with Gasteiger partial charge in [-0.05, 0) is 69.7 Å². The van der Waals surface area contributed by atoms with E-state index in [0.29, 0.717) is 55.3 Å². The van der Waals surface area contributed by atoms with Gasteiger partial charge in [0.25, 0.3) is 0 Å². The maximum Gasteiger partial charge on any atom is 0.413 e. The van der Waals surface area contributed by atoms with E-state index in [-0.39, 0.29) is 23.0 Å². The summed E-state index contributed by atoms with van der Waals surface area (Å²) >= 11 is 12.1. The number of pyridine rings is 4. The number of nitrogens with one attached hydrogen (secondary N) is 3. The molecule has 26 heteroatoms. The van der Waals surface area contributed by atoms with Crippen molar-refractivity contribution >= 4 is 78.4 Å². The van der Waals surface area contributed by atoms with Gasteiger partial charge in [0, 0.05) is 43.4 Å². The van der Waals surface area contributed by atoms with Crippen LogP contribution in [0.3, 0.4) is 0 Å². The molecule has 0 spiro atoms. The topological polar surface area (TPSA) is 284 Å². The van der Waals surface area contributed by atoms with Crippen LogP contribution in [-0.4, -0.2) is 96.6 Å². The first-order chi connectivity index (χ1) is 29.0. The number of hydrogen-bond donors (Lipinski definition) is 4. The zero-order valence-electron chi connectivity index (χ0n) is 34.2. The second-order valence-electron chi connectivity index (χ2n) is 13.6. The third kappa shape index (κ3) is 11.9. The van der Waals surface area contributed by atoms with Crippen molar-refractivity contribution in [2.75, 3.05) is 32.2 Å². The van der Waals surface area contributed by atoms with Crippen LogP contribution in [0.2, 0.25) is 10.0 Å². The summed E-state index contributed by atoms with van der Waals surface area (Å²) in [6, 6.07) is 8.80. The SMILES string of the molecule is Cc1ncc(Cl)cc1[C@@H](C)N(C(=O)O)c1c(-c2ccc(NS(C)(=O)=O)cn2)nnn1C.Cc1ncc(Cl)cc1[C@@H](C)OC(=O)Nc1c(-c2ccc(NS(C)(=O)=O)cn2)nnn1C. The number of anilines is 4. The summed E-state index contributed by atoms with van der Waals surface area (Å²) in [5.41, 5.74) is 4.41. The van der Waals surface area contributed by atoms with Gasteiger partial charge in [0.15, 0.2) is 23.0 Å². The van der Waals surface area contributed by atoms with Crippen LogP contribution >= 0.6 is 23.2 Å². The van der Waals surface area contributed by atoms with E-state index in [2.05, 4.69) is 55.3 Å². The van der Waals surface area contributed by atoms with E-state index in [4.69, 9.17) is 27.9 Å². The Kier molecular flexibility index (Phi) is 14.3. The quantitative estimate of drug-likeness (QED) is 0.113. The van der Waals surface area contributed by atoms with E-state index in [1.807, 2.05) is 0 Å². The normalized spacial score (nSPS) is 12.4. The first kappa shape index (κ1) is 46.6. The summed E-state index contributed by atoms with van der Waals surface area (Å²) in [6.45, 7) is 6.97. The van der Waals surface area contributed by atoms with Gasteiger partial charge in [0.1, 0.15) is 6.10 Å². The molecule has 62 heavy (non-hydrogen) atoms. The molecular weight excluding hydrogens is 892 g/mol. The molecule has 0 aromatic carbocycles. The van der Waals surface area contributed by atoms with Crippen molar-refractivity contribution in [2.24, 2.45) is 14.1 Å². The lowest BCUT2D eigenvalue weighted by atomic mass is 10.1. The van der Waals surface area contributed by atoms with Gasteiger partial charge in [-0.15, -0.1) is 10.2 Å². The number of carboxylic acid groups (broad SMARTS) is 1. The second kappa shape index (κ2) is 19.0. The summed E-state index contributed by atoms with van der Waals surface area (Å²) in [4.78, 5) is 42.6. The monoisotopic (exact) mass is 930 g/mol. The molecule has 0 radical (unpaired) electrons. The Bertz CT molecular complexity index is 2820. The predicted molar refractivity (Wildman–Crippen MR) is 231 cm³/mol. The Morgan fingerprint density at radius 3 is 1.73 bits per heavy atom. The number of rotatable bonds is 12. The van der Waals surface area contributed by atoms with Crippen molar-refractivity contribution in [3.63, 3.8) is 0 Å². The highest BCUT2D eigenvalue weighted by molar-refractivity contribution is 7.92. The Balaban J connectivity index is 0.000000234. The van der Waals surface area contributed by atoms with E-state index in [1.54, 1.807) is 60.0 Å². The molecule has 328 valence electrons. The van der Waals surface area contributed by atoms with Gasteiger partial charge in [0.05, 0.1) is 63.8 Å². The molecule has 0 unspecified atom stereocenters. The molecule has 6 heterocycles. The molecule has 4 N–H and O–H groups in total. The van der Waals surface area contributed by atoms with Crippen LogP contribution in [0, 0.1) is 13.8 Å². The summed E-state index contributed by atoms with van der Waals surface area (Å²) in [5, 5.41) is 29.4. The summed E-state index contributed by atoms with van der Waals surface area (Å²) in [6.07, 6.45) is 5.17. The third-order valence-electron chi connectivity index (χ3n) is 8.64. The number of hydrogen-bond acceptors (Lipinski definition) is 15. The summed E-state index contributed by atoms with van der Waals surface area (Å²) in [5.74, 6) is 0.449. The van der Waals surface area contributed by atoms with Crippen molar-refractivity contribution in [2.45, 2.75) is 39.8 Å². The minimum absolute atomic E-state index is 0.190. The van der Waals surface area contributed by atoms with Crippen molar-refractivity contribution in [1.82, 2.24) is 49.9 Å². The van der Waals surface area contributed by atoms with Crippen LogP contribution in [0.25, 0.3) is 22.8 Å². The third-order valence-corrected chi connectivity index (χ3v) is 10.3. The highest BCUT2D eigenvalue weighted by atomic mass is 35.5. The smallest absolute Gasteiger partial charge is 0.413 e. The molecule has 6 rings (SSSR count). The first-order valence-electron chi connectivity index (χ1n) is 17.9. The number of amides is 2. The average molecular weight is 932 g/mol. The standard InChI is InChI=1S/2C18H20ClN7O4S/c1-10-14(7-12(19)8-20-10)11(2)30-18(27)22-17-16(23-25-26(17)3)15-6-5-13(9-21-15)24-31(4,28)29;1-10-14(7-12(19)8-20-10)11(2)26(18(27)28)17-16(22-24-25(17)3)15-6-5-13(9-21-15)23-31(4,29)30/h5-9,11,24H,1-4H3,(H,22,27);5-9,11,23H,1-4H3,(H,27,28)/t2*11-/m11/s1. The van der Waals surface area contributed by atoms with E-state index in [1.165, 1.54) is 52.4 Å². The lowest BCUT2D eigenvalue weighted by molar-refractivity contribution is 0.120. The number of sulfonamides is 2. The lowest BCUT2D eigenvalue weighted by Gasteiger charge is -2.27. The fraction of sp³-hybridized carbons (Fsp3) is 0.278. The molecule has 0 fully saturated rings. The molecule has 0 aliphatic rings. The van der Waals surface area contributed by atoms with Gasteiger partial charge in [0.2, 0.25) is 20.0 Å². The van der Waals surface area contributed by atoms with Crippen LogP contribution in [0.4, 0.5) is 32.6 Å². The zero-order chi connectivity index (χ0) is 45.7. The van der Waals surface area contributed by atoms with Crippen molar-refractivity contribution in [3.05, 3.63) is 93.7 Å². The van der Waals surface area contributed by atoms with Crippen LogP contribution in [0.1, 0.15) is 48.5 Å². The average Bonchev–Trinajstić information content (AvgIpc) is 3.74. The number of carbonyl (C=O) groups is 2. The largest absolute Gasteiger partial charge is 0.465 e. The molecule has 6 aromatic heterocycles. The zero-order valence-corrected chi connectivity index (χ0v) is 37.4. The van der Waals surface area contributed by atoms with Crippen LogP contribution < -0.4 is 19.7 Å². The van der Waals surface area contributed by atoms with E-state index < -0.39 is 44.4 Å². The number of ether oxygens (including phenoxy) is 1. The highest BCUT2D eigenvalue weighted by Crippen LogP contribution is 2.35. The molecule has 0 saturated carbocycles. The fourth-order valence-electron chi connectivity index (χ4n) is 5.88. The molecule has 22 nitrogen and oxygen atoms in total. The fourth-order valence-corrected chi connectivity index (χ4v) is 7.31. The summed E-state index contributed by atoms with van der Waals surface area (Å²) < 4.78 is 58.2. The molecule has 6 aromatic rings. The molecule has 2 atom stereocenters. The van der Waals surface area contributed by atoms with Crippen molar-refractivity contribution in [1.29, 1.82) is 0 Å². The predicted octanol–water partition coefficient (Wildman–Crippen LogP) is 5.77. The molecule has 0 aliphatic heterocycles. The number of aromatic nitrogens is 10. The Morgan fingerprint density at radius 2 is 1.23 bits per heavy atom. The van der Waals surface area contributed by atoms with Crippen LogP contribution in [0.15, 0.2) is 61.2 Å². The lowest BCUT2D eigenvalue weighted by Crippen LogP contribution is -2.34. The molecule has 2 amide bonds. The molecule has 0 bridgehead atoms. The number of halogens is 2. The van der Waals surface area contributed by atoms with E-state index in [0.717, 1.165) is 17.4 Å². The maximum atomic E-state index is 12.5. The van der Waals surface area contributed by atoms with Crippen LogP contribution in [-0.2, 0) is 38.9 Å². The number of nitrogens with zero attached hydrogens (tertiary/aromatic N) is 11. The van der Waals surface area contributed by atoms with Crippen molar-refractivity contribution in [3.8, 4) is 22.8 Å². The Morgan fingerprint density at radius 1 is 0.742 bits per heavy atom. The maximum absolute atomic E-state index is 12.5. The number of carbonyl (C=O) groups excluding carboxylic acids is 1. The van der Waals surface area contributed by atoms with Gasteiger partial charge in [-0.3, -0.25) is 39.6 Å². The number of aryl methyl sites for hydroxylation is 4. The first-order valence-corrected chi connectivity index (χ1v) is 22.5. The second-order valence-corrected chi connectivity index (χ2v) is 17.9. The van der Waals surface area contributed by atoms with Gasteiger partial charge >= 0.3 is 12.2 Å². The minimum Gasteiger partial charge on any atom is -0.465 e. The molecule has 0 aliphatic carbocycles. The van der Waals surface area contributed by atoms with Crippen LogP contribution in [0.5, 0.6) is 0 Å². The summed E-state index contributed by atoms with van der Waals surface area (Å²) in [7, 11) is -3.72. The minimum atomic E-state index is -3.46. The van der Waals surface area contributed by atoms with Gasteiger partial charge in [-0.25, -0.2) is 35.8 Å². The van der Waals surface area contributed by atoms with E-state index in [9.17, 15) is 31.5 Å². The molecular formula is C36H40Cl2N14O8S2. The highest BCUT2D eigenvalue weighted by Gasteiger charge is 2.31. The van der Waals surface area contributed by atoms with E-state index >= 15 is 0 Å². The van der Waals surface area contributed by atoms with Gasteiger partial charge in [-0.2, -0.15) is 0 Å². The van der Waals surface area contributed by atoms with Crippen molar-refractivity contribution < 1.29 is 36.3 Å². The molecule has 0 saturated heterocycles. The Hall–Kier alpha value is -6.50. The van der Waals surface area contributed by atoms with Gasteiger partial charge in [-0.1, -0.05) is 33.6 Å². The Labute approximate surface area is 365 Å². The van der Waals surface area contributed by atoms with Gasteiger partial charge < -0.3 is 9.84 Å².